The van der Waals surface area contributed by atoms with Crippen LogP contribution >= 0.6 is 0 Å². The second-order valence-corrected chi connectivity index (χ2v) is 21.8. The molecule has 8 rings (SSSR count). The molecule has 2 saturated heterocycles. The van der Waals surface area contributed by atoms with E-state index in [9.17, 15) is 34.5 Å². The Morgan fingerprint density at radius 1 is 0.816 bits per heavy atom. The number of aromatic nitrogens is 2. The summed E-state index contributed by atoms with van der Waals surface area (Å²) < 4.78 is 35.6. The number of rotatable bonds is 9. The van der Waals surface area contributed by atoms with E-state index in [4.69, 9.17) is 28.4 Å². The highest BCUT2D eigenvalue weighted by Gasteiger charge is 2.56. The molecular weight excluding hydrogens is 971 g/mol. The molecule has 4 aliphatic rings. The molecule has 76 heavy (non-hydrogen) atoms. The van der Waals surface area contributed by atoms with Crippen LogP contribution in [0.2, 0.25) is 0 Å². The number of fused-ring (bicyclic) bond motifs is 5. The van der Waals surface area contributed by atoms with Gasteiger partial charge in [-0.3, -0.25) is 14.4 Å². The summed E-state index contributed by atoms with van der Waals surface area (Å²) in [4.78, 5) is 64.3. The van der Waals surface area contributed by atoms with Crippen molar-refractivity contribution in [3.8, 4) is 11.8 Å². The van der Waals surface area contributed by atoms with E-state index in [-0.39, 0.29) is 49.5 Å². The molecule has 14 atom stereocenters. The van der Waals surface area contributed by atoms with Crippen LogP contribution in [0.4, 0.5) is 0 Å². The van der Waals surface area contributed by atoms with Gasteiger partial charge in [-0.2, -0.15) is 0 Å². The van der Waals surface area contributed by atoms with E-state index in [0.29, 0.717) is 56.9 Å². The van der Waals surface area contributed by atoms with Gasteiger partial charge in [-0.15, -0.1) is 6.58 Å². The summed E-state index contributed by atoms with van der Waals surface area (Å²) in [6.45, 7) is 13.1. The molecule has 16 nitrogen and oxygen atoms in total. The van der Waals surface area contributed by atoms with Crippen molar-refractivity contribution in [2.75, 3.05) is 27.9 Å². The van der Waals surface area contributed by atoms with Crippen molar-refractivity contribution in [3.05, 3.63) is 96.6 Å². The van der Waals surface area contributed by atoms with E-state index in [1.165, 1.54) is 19.1 Å². The number of allylic oxidation sites excluding steroid dienone is 4. The summed E-state index contributed by atoms with van der Waals surface area (Å²) in [5.74, 6) is -6.27. The lowest BCUT2D eigenvalue weighted by molar-refractivity contribution is -0.302. The van der Waals surface area contributed by atoms with Crippen molar-refractivity contribution >= 4 is 45.2 Å². The number of carbonyl (C=O) groups excluding carboxylic acids is 4. The zero-order valence-corrected chi connectivity index (χ0v) is 45.6. The maximum Gasteiger partial charge on any atom is 0.329 e. The fourth-order valence-corrected chi connectivity index (χ4v) is 11.7. The maximum absolute atomic E-state index is 14.3. The number of H-pyrrole nitrogens is 2. The van der Waals surface area contributed by atoms with Crippen LogP contribution in [0.3, 0.4) is 0 Å². The largest absolute Gasteiger partial charge is 0.456 e. The number of aromatic amines is 2. The van der Waals surface area contributed by atoms with E-state index >= 15 is 0 Å². The number of cyclic esters (lactones) is 1. The van der Waals surface area contributed by atoms with Gasteiger partial charge in [0.1, 0.15) is 24.0 Å². The number of benzene rings is 2. The second-order valence-electron chi connectivity index (χ2n) is 21.8. The number of para-hydroxylation sites is 2. The minimum atomic E-state index is -2.51. The molecule has 1 aliphatic carbocycles. The molecule has 5 N–H and O–H groups in total. The first kappa shape index (κ1) is 58.2. The van der Waals surface area contributed by atoms with Crippen LogP contribution in [0.5, 0.6) is 11.8 Å². The third-order valence-electron chi connectivity index (χ3n) is 16.1. The Balaban J connectivity index is 0.000000363. The molecule has 3 fully saturated rings. The molecule has 0 spiro atoms. The smallest absolute Gasteiger partial charge is 0.329 e. The van der Waals surface area contributed by atoms with Gasteiger partial charge >= 0.3 is 5.97 Å². The first-order valence-electron chi connectivity index (χ1n) is 27.1. The number of carbonyl (C=O) groups is 4. The number of amides is 1. The van der Waals surface area contributed by atoms with Crippen molar-refractivity contribution in [2.45, 2.75) is 160 Å². The molecule has 4 aromatic rings. The van der Waals surface area contributed by atoms with Crippen molar-refractivity contribution in [1.82, 2.24) is 14.9 Å². The highest BCUT2D eigenvalue weighted by Crippen LogP contribution is 2.40. The van der Waals surface area contributed by atoms with Gasteiger partial charge in [0.2, 0.25) is 5.79 Å². The summed E-state index contributed by atoms with van der Waals surface area (Å²) in [7, 11) is 4.61. The van der Waals surface area contributed by atoms with E-state index in [1.807, 2.05) is 81.5 Å². The molecule has 2 bridgehead atoms. The first-order chi connectivity index (χ1) is 36.4. The molecule has 1 saturated carbocycles. The molecule has 1 amide bonds. The van der Waals surface area contributed by atoms with Gasteiger partial charge in [0, 0.05) is 86.0 Å². The molecular formula is C60H81N3O13. The molecule has 0 unspecified atom stereocenters. The number of aliphatic hydroxyl groups is 3. The highest BCUT2D eigenvalue weighted by atomic mass is 16.7. The molecule has 2 aromatic carbocycles. The van der Waals surface area contributed by atoms with Crippen LogP contribution in [-0.4, -0.2) is 136 Å². The quantitative estimate of drug-likeness (QED) is 0.0601. The minimum absolute atomic E-state index is 0.00988. The SMILES string of the molecule is C=CC[C@@H]1/C=C(\C)C[C@H](C)C[C@H](OC)[C@H]2O[C@@](O)(C(=O)C(=O)N3CCCC[C@H]3C(=O)O[C@H](/C(C)=C/[C@@H]3CC[C@@H](O)[C@H](OC)C3)[C@H](C)[C@@H](O)CC1=O)[C@H](C)C[C@@H]2OC.c1ccc2[nH]c(Oc3cc4ccccc4[nH]3)cc2c1. The predicted octanol–water partition coefficient (Wildman–Crippen LogP) is 9.08. The van der Waals surface area contributed by atoms with Crippen LogP contribution in [0.15, 0.2) is 96.6 Å². The van der Waals surface area contributed by atoms with Crippen LogP contribution in [0.1, 0.15) is 105 Å². The Morgan fingerprint density at radius 3 is 2.04 bits per heavy atom. The molecule has 5 heterocycles. The Morgan fingerprint density at radius 2 is 1.43 bits per heavy atom. The number of ketones is 2. The van der Waals surface area contributed by atoms with Crippen LogP contribution in [0, 0.1) is 29.6 Å². The van der Waals surface area contributed by atoms with Crippen LogP contribution in [-0.2, 0) is 42.9 Å². The average molecular weight is 1050 g/mol. The number of aliphatic hydroxyl groups excluding tert-OH is 2. The zero-order valence-electron chi connectivity index (χ0n) is 45.6. The number of esters is 1. The van der Waals surface area contributed by atoms with E-state index in [2.05, 4.69) is 28.7 Å². The lowest BCUT2D eigenvalue weighted by atomic mass is 9.81. The summed E-state index contributed by atoms with van der Waals surface area (Å²) >= 11 is 0. The highest BCUT2D eigenvalue weighted by molar-refractivity contribution is 6.39. The monoisotopic (exact) mass is 1050 g/mol. The van der Waals surface area contributed by atoms with E-state index < -0.39 is 83.9 Å². The summed E-state index contributed by atoms with van der Waals surface area (Å²) in [5, 5.41) is 36.4. The number of ether oxygens (including phenoxy) is 6. The molecule has 16 heteroatoms. The lowest BCUT2D eigenvalue weighted by Crippen LogP contribution is -2.64. The Labute approximate surface area is 447 Å². The number of piperidine rings is 1. The number of nitrogens with one attached hydrogen (secondary N) is 2. The van der Waals surface area contributed by atoms with Crippen molar-refractivity contribution < 1.29 is 62.9 Å². The lowest BCUT2D eigenvalue weighted by Gasteiger charge is -2.47. The molecule has 414 valence electrons. The van der Waals surface area contributed by atoms with E-state index in [0.717, 1.165) is 39.1 Å². The third kappa shape index (κ3) is 13.8. The average Bonchev–Trinajstić information content (AvgIpc) is 4.04. The van der Waals surface area contributed by atoms with Gasteiger partial charge in [-0.25, -0.2) is 4.79 Å². The minimum Gasteiger partial charge on any atom is -0.456 e. The zero-order chi connectivity index (χ0) is 54.8. The van der Waals surface area contributed by atoms with Crippen molar-refractivity contribution in [1.29, 1.82) is 0 Å². The predicted molar refractivity (Wildman–Crippen MR) is 289 cm³/mol. The summed E-state index contributed by atoms with van der Waals surface area (Å²) in [5.41, 5.74) is 3.76. The van der Waals surface area contributed by atoms with E-state index in [1.54, 1.807) is 27.0 Å². The fraction of sp³-hybridized carbons (Fsp3) is 0.567. The first-order valence-corrected chi connectivity index (χ1v) is 27.1. The Hall–Kier alpha value is -5.46. The third-order valence-corrected chi connectivity index (χ3v) is 16.1. The molecule has 0 radical (unpaired) electrons. The summed E-state index contributed by atoms with van der Waals surface area (Å²) in [6.07, 6.45) is 4.93. The summed E-state index contributed by atoms with van der Waals surface area (Å²) in [6, 6.07) is 19.1. The topological polar surface area (TPSA) is 219 Å². The normalized spacial score (nSPS) is 33.5. The number of Topliss-reactive ketones (excluding diaryl/α,β-unsaturated/α-hetero) is 2. The maximum atomic E-state index is 14.3. The van der Waals surface area contributed by atoms with Gasteiger partial charge in [-0.05, 0) is 108 Å². The molecule has 3 aliphatic heterocycles. The van der Waals surface area contributed by atoms with Gasteiger partial charge in [0.05, 0.1) is 30.5 Å². The standard InChI is InChI=1S/C44H69NO12.C16H12N2O/c1-10-13-31-19-25(2)18-26(3)20-37(54-8)40-38(55-9)22-28(5)44(52,57-40)41(49)42(50)45-17-12-11-14-32(45)43(51)56-39(29(6)34(47)24-35(31)48)27(4)21-30-15-16-33(46)36(23-30)53-7;1-3-7-13-11(5-1)9-15(17-13)19-16-10-12-6-2-4-8-14(12)18-16/h10,19,21,26,28-34,36-40,46-47,52H,1,11-18,20,22-24H2,2-9H3;1-10,17-18H/b25-19+,27-21+;/t26-,28+,29+,30-,31+,32-,33+,34-,36+,37-,38-,39+,40+,44+;/m0./s1. The van der Waals surface area contributed by atoms with Gasteiger partial charge in [0.25, 0.3) is 11.7 Å². The Bertz CT molecular complexity index is 2550. The fourth-order valence-electron chi connectivity index (χ4n) is 11.7. The van der Waals surface area contributed by atoms with Gasteiger partial charge in [-0.1, -0.05) is 81.0 Å². The van der Waals surface area contributed by atoms with Crippen LogP contribution in [0.25, 0.3) is 21.8 Å². The number of methoxy groups -OCH3 is 3. The second kappa shape index (κ2) is 26.3. The van der Waals surface area contributed by atoms with Crippen molar-refractivity contribution in [3.63, 3.8) is 0 Å². The molecule has 2 aromatic heterocycles. The Kier molecular flexibility index (Phi) is 20.1. The number of hydrogen-bond acceptors (Lipinski definition) is 13. The van der Waals surface area contributed by atoms with Crippen molar-refractivity contribution in [2.24, 2.45) is 29.6 Å². The van der Waals surface area contributed by atoms with Gasteiger partial charge < -0.3 is 58.6 Å². The number of hydrogen-bond donors (Lipinski definition) is 5. The van der Waals surface area contributed by atoms with Crippen LogP contribution < -0.4 is 4.74 Å². The van der Waals surface area contributed by atoms with Gasteiger partial charge in [0.15, 0.2) is 11.8 Å². The number of nitrogens with zero attached hydrogens (tertiary/aromatic N) is 1.